The third-order valence-electron chi connectivity index (χ3n) is 4.71. The van der Waals surface area contributed by atoms with Gasteiger partial charge in [-0.3, -0.25) is 0 Å². The molecule has 0 aliphatic carbocycles. The third-order valence-corrected chi connectivity index (χ3v) is 4.71. The predicted octanol–water partition coefficient (Wildman–Crippen LogP) is 4.90. The molecule has 0 amide bonds. The Kier molecular flexibility index (Phi) is 3.38. The van der Waals surface area contributed by atoms with Crippen LogP contribution in [-0.4, -0.2) is 4.98 Å². The topological polar surface area (TPSA) is 29.9 Å². The highest BCUT2D eigenvalue weighted by molar-refractivity contribution is 6.08. The lowest BCUT2D eigenvalue weighted by atomic mass is 9.99. The van der Waals surface area contributed by atoms with E-state index in [4.69, 9.17) is 4.42 Å². The largest absolute Gasteiger partial charge is 0.437 e. The van der Waals surface area contributed by atoms with Gasteiger partial charge in [0, 0.05) is 28.6 Å². The summed E-state index contributed by atoms with van der Waals surface area (Å²) in [5, 5.41) is 2.18. The van der Waals surface area contributed by atoms with Crippen LogP contribution in [0.2, 0.25) is 0 Å². The molecule has 4 rings (SSSR count). The predicted molar refractivity (Wildman–Crippen MR) is 97.0 cm³/mol. The lowest BCUT2D eigenvalue weighted by Gasteiger charge is -2.08. The van der Waals surface area contributed by atoms with Gasteiger partial charge in [0.25, 0.3) is 0 Å². The molecule has 0 atom stereocenters. The number of benzene rings is 1. The number of pyridine rings is 2. The summed E-state index contributed by atoms with van der Waals surface area (Å²) < 4.78 is 8.32. The molecule has 1 aromatic carbocycles. The van der Waals surface area contributed by atoms with Gasteiger partial charge in [-0.25, -0.2) is 9.55 Å². The summed E-state index contributed by atoms with van der Waals surface area (Å²) >= 11 is 0. The molecule has 24 heavy (non-hydrogen) atoms. The number of nitrogens with zero attached hydrogens (tertiary/aromatic N) is 2. The zero-order chi connectivity index (χ0) is 16.8. The van der Waals surface area contributed by atoms with Crippen LogP contribution in [0.5, 0.6) is 0 Å². The Hall–Kier alpha value is -2.68. The Morgan fingerprint density at radius 1 is 1.04 bits per heavy atom. The van der Waals surface area contributed by atoms with Crippen LogP contribution in [0.3, 0.4) is 0 Å². The molecule has 0 spiro atoms. The van der Waals surface area contributed by atoms with Crippen LogP contribution < -0.4 is 4.57 Å². The van der Waals surface area contributed by atoms with Gasteiger partial charge in [-0.15, -0.1) is 0 Å². The second kappa shape index (κ2) is 5.45. The van der Waals surface area contributed by atoms with Crippen molar-refractivity contribution in [1.29, 1.82) is 0 Å². The average molecular weight is 317 g/mol. The van der Waals surface area contributed by atoms with Crippen molar-refractivity contribution in [2.75, 3.05) is 0 Å². The van der Waals surface area contributed by atoms with E-state index in [2.05, 4.69) is 73.9 Å². The van der Waals surface area contributed by atoms with E-state index in [-0.39, 0.29) is 0 Å². The molecule has 120 valence electrons. The first-order valence-electron chi connectivity index (χ1n) is 8.33. The van der Waals surface area contributed by atoms with Gasteiger partial charge in [-0.05, 0) is 36.6 Å². The molecule has 3 aromatic heterocycles. The molecule has 0 aliphatic heterocycles. The van der Waals surface area contributed by atoms with Crippen molar-refractivity contribution in [2.24, 2.45) is 7.05 Å². The maximum atomic E-state index is 6.13. The number of hydrogen-bond donors (Lipinski definition) is 0. The minimum absolute atomic E-state index is 0.512. The van der Waals surface area contributed by atoms with Crippen molar-refractivity contribution in [3.63, 3.8) is 0 Å². The monoisotopic (exact) mass is 317 g/mol. The molecule has 0 saturated heterocycles. The number of aryl methyl sites for hydroxylation is 2. The molecule has 3 nitrogen and oxygen atoms in total. The Morgan fingerprint density at radius 3 is 2.62 bits per heavy atom. The smallest absolute Gasteiger partial charge is 0.227 e. The highest BCUT2D eigenvalue weighted by Gasteiger charge is 2.21. The van der Waals surface area contributed by atoms with Crippen molar-refractivity contribution < 1.29 is 8.98 Å². The molecule has 0 radical (unpaired) electrons. The van der Waals surface area contributed by atoms with Crippen LogP contribution in [0.1, 0.15) is 30.9 Å². The zero-order valence-electron chi connectivity index (χ0n) is 14.5. The molecule has 0 saturated carbocycles. The Bertz CT molecular complexity index is 1060. The van der Waals surface area contributed by atoms with Crippen molar-refractivity contribution >= 4 is 22.1 Å². The third kappa shape index (κ3) is 2.20. The summed E-state index contributed by atoms with van der Waals surface area (Å²) in [5.74, 6) is 0.512. The highest BCUT2D eigenvalue weighted by atomic mass is 16.3. The van der Waals surface area contributed by atoms with Crippen LogP contribution in [0.4, 0.5) is 0 Å². The molecule has 3 heteroatoms. The van der Waals surface area contributed by atoms with E-state index in [1.165, 1.54) is 11.1 Å². The first-order chi connectivity index (χ1) is 11.6. The molecule has 0 unspecified atom stereocenters. The number of aromatic nitrogens is 2. The number of fused-ring (bicyclic) bond motifs is 3. The summed E-state index contributed by atoms with van der Waals surface area (Å²) in [6.45, 7) is 6.56. The molecule has 3 heterocycles. The summed E-state index contributed by atoms with van der Waals surface area (Å²) in [6.07, 6.45) is 3.98. The molecule has 4 aromatic rings. The molecule has 0 N–H and O–H groups in total. The second-order valence-corrected chi connectivity index (χ2v) is 6.71. The Labute approximate surface area is 141 Å². The van der Waals surface area contributed by atoms with Gasteiger partial charge >= 0.3 is 0 Å². The van der Waals surface area contributed by atoms with Gasteiger partial charge in [0.1, 0.15) is 7.05 Å². The van der Waals surface area contributed by atoms with E-state index >= 15 is 0 Å². The van der Waals surface area contributed by atoms with E-state index in [0.717, 1.165) is 27.6 Å². The quantitative estimate of drug-likeness (QED) is 0.492. The van der Waals surface area contributed by atoms with Crippen LogP contribution in [-0.2, 0) is 7.05 Å². The van der Waals surface area contributed by atoms with E-state index in [1.54, 1.807) is 6.20 Å². The summed E-state index contributed by atoms with van der Waals surface area (Å²) in [6, 6.07) is 12.7. The van der Waals surface area contributed by atoms with Gasteiger partial charge in [0.2, 0.25) is 11.4 Å². The fraction of sp³-hybridized carbons (Fsp3) is 0.238. The van der Waals surface area contributed by atoms with Gasteiger partial charge in [0.05, 0.1) is 5.56 Å². The molecular formula is C21H21N2O+. The number of furan rings is 1. The Balaban J connectivity index is 2.04. The first-order valence-corrected chi connectivity index (χ1v) is 8.33. The zero-order valence-corrected chi connectivity index (χ0v) is 14.5. The van der Waals surface area contributed by atoms with E-state index in [9.17, 15) is 0 Å². The lowest BCUT2D eigenvalue weighted by molar-refractivity contribution is -0.660. The maximum absolute atomic E-state index is 6.13. The standard InChI is InChI=1S/C21H21N2O/c1-13(2)15-8-10-18(23(4)12-15)19-14(3)7-9-16-17-6-5-11-22-21(17)24-20(16)19/h5-13H,1-4H3/q+1. The minimum Gasteiger partial charge on any atom is -0.437 e. The molecular weight excluding hydrogens is 296 g/mol. The molecule has 0 aliphatic rings. The SMILES string of the molecule is Cc1ccc2c(oc3ncccc32)c1-c1ccc(C(C)C)c[n+]1C. The van der Waals surface area contributed by atoms with Crippen molar-refractivity contribution in [3.8, 4) is 11.3 Å². The second-order valence-electron chi connectivity index (χ2n) is 6.71. The molecule has 0 fully saturated rings. The van der Waals surface area contributed by atoms with E-state index < -0.39 is 0 Å². The molecule has 0 bridgehead atoms. The normalized spacial score (nSPS) is 11.7. The number of rotatable bonds is 2. The summed E-state index contributed by atoms with van der Waals surface area (Å²) in [7, 11) is 2.10. The highest BCUT2D eigenvalue weighted by Crippen LogP contribution is 2.36. The van der Waals surface area contributed by atoms with Crippen molar-refractivity contribution in [2.45, 2.75) is 26.7 Å². The fourth-order valence-electron chi connectivity index (χ4n) is 3.32. The van der Waals surface area contributed by atoms with Crippen LogP contribution in [0, 0.1) is 6.92 Å². The summed E-state index contributed by atoms with van der Waals surface area (Å²) in [5.41, 5.74) is 6.44. The maximum Gasteiger partial charge on any atom is 0.227 e. The van der Waals surface area contributed by atoms with Crippen molar-refractivity contribution in [1.82, 2.24) is 4.98 Å². The first kappa shape index (κ1) is 14.9. The van der Waals surface area contributed by atoms with Crippen LogP contribution in [0.15, 0.2) is 53.2 Å². The number of hydrogen-bond acceptors (Lipinski definition) is 2. The van der Waals surface area contributed by atoms with Crippen LogP contribution >= 0.6 is 0 Å². The summed E-state index contributed by atoms with van der Waals surface area (Å²) in [4.78, 5) is 4.37. The van der Waals surface area contributed by atoms with Gasteiger partial charge in [-0.2, -0.15) is 0 Å². The average Bonchev–Trinajstić information content (AvgIpc) is 2.94. The van der Waals surface area contributed by atoms with Gasteiger partial charge in [-0.1, -0.05) is 26.0 Å². The fourth-order valence-corrected chi connectivity index (χ4v) is 3.32. The van der Waals surface area contributed by atoms with E-state index in [0.29, 0.717) is 11.6 Å². The van der Waals surface area contributed by atoms with Crippen LogP contribution in [0.25, 0.3) is 33.3 Å². The van der Waals surface area contributed by atoms with Gasteiger partial charge < -0.3 is 4.42 Å². The van der Waals surface area contributed by atoms with Crippen molar-refractivity contribution in [3.05, 3.63) is 59.9 Å². The Morgan fingerprint density at radius 2 is 1.88 bits per heavy atom. The lowest BCUT2D eigenvalue weighted by Crippen LogP contribution is -2.31. The van der Waals surface area contributed by atoms with Gasteiger partial charge in [0.15, 0.2) is 11.8 Å². The minimum atomic E-state index is 0.512. The van der Waals surface area contributed by atoms with E-state index in [1.807, 2.05) is 6.07 Å².